The molecule has 0 aromatic carbocycles. The van der Waals surface area contributed by atoms with E-state index in [-0.39, 0.29) is 6.04 Å². The quantitative estimate of drug-likeness (QED) is 0.777. The Morgan fingerprint density at radius 2 is 2.33 bits per heavy atom. The van der Waals surface area contributed by atoms with Crippen LogP contribution in [0.3, 0.4) is 0 Å². The summed E-state index contributed by atoms with van der Waals surface area (Å²) in [5.74, 6) is 1.86. The minimum absolute atomic E-state index is 0.0324. The minimum atomic E-state index is 0.0324. The van der Waals surface area contributed by atoms with Crippen LogP contribution >= 0.6 is 0 Å². The maximum atomic E-state index is 4.33. The molecule has 0 aliphatic rings. The van der Waals surface area contributed by atoms with E-state index in [1.807, 2.05) is 24.0 Å². The zero-order chi connectivity index (χ0) is 10.7. The van der Waals surface area contributed by atoms with Gasteiger partial charge in [-0.3, -0.25) is 0 Å². The highest BCUT2D eigenvalue weighted by Gasteiger charge is 2.18. The summed E-state index contributed by atoms with van der Waals surface area (Å²) in [4.78, 5) is 11.7. The van der Waals surface area contributed by atoms with Crippen LogP contribution in [0.5, 0.6) is 0 Å². The van der Waals surface area contributed by atoms with Crippen molar-refractivity contribution in [1.29, 1.82) is 0 Å². The van der Waals surface area contributed by atoms with Crippen molar-refractivity contribution in [2.24, 2.45) is 7.05 Å². The van der Waals surface area contributed by atoms with Crippen LogP contribution in [0.2, 0.25) is 0 Å². The SMILES string of the molecule is CCNC(c1ncc[nH]1)c1nccn1C. The molecule has 80 valence electrons. The number of rotatable bonds is 4. The molecule has 0 saturated carbocycles. The highest BCUT2D eigenvalue weighted by Crippen LogP contribution is 2.15. The van der Waals surface area contributed by atoms with Crippen LogP contribution in [0, 0.1) is 0 Å². The summed E-state index contributed by atoms with van der Waals surface area (Å²) < 4.78 is 2.00. The molecule has 0 aliphatic carbocycles. The van der Waals surface area contributed by atoms with Crippen molar-refractivity contribution < 1.29 is 0 Å². The molecule has 2 rings (SSSR count). The first-order valence-corrected chi connectivity index (χ1v) is 5.02. The Kier molecular flexibility index (Phi) is 2.82. The lowest BCUT2D eigenvalue weighted by Gasteiger charge is -2.15. The van der Waals surface area contributed by atoms with Gasteiger partial charge in [-0.1, -0.05) is 6.92 Å². The zero-order valence-corrected chi connectivity index (χ0v) is 8.94. The van der Waals surface area contributed by atoms with E-state index in [1.54, 1.807) is 12.4 Å². The molecule has 2 N–H and O–H groups in total. The van der Waals surface area contributed by atoms with E-state index >= 15 is 0 Å². The first-order valence-electron chi connectivity index (χ1n) is 5.02. The van der Waals surface area contributed by atoms with Crippen LogP contribution in [0.4, 0.5) is 0 Å². The fourth-order valence-corrected chi connectivity index (χ4v) is 1.61. The molecular weight excluding hydrogens is 190 g/mol. The monoisotopic (exact) mass is 205 g/mol. The van der Waals surface area contributed by atoms with Gasteiger partial charge in [-0.25, -0.2) is 9.97 Å². The predicted octanol–water partition coefficient (Wildman–Crippen LogP) is 0.842. The predicted molar refractivity (Wildman–Crippen MR) is 57.3 cm³/mol. The van der Waals surface area contributed by atoms with Gasteiger partial charge >= 0.3 is 0 Å². The fourth-order valence-electron chi connectivity index (χ4n) is 1.61. The molecule has 0 bridgehead atoms. The first kappa shape index (κ1) is 9.92. The van der Waals surface area contributed by atoms with E-state index in [0.29, 0.717) is 0 Å². The van der Waals surface area contributed by atoms with Gasteiger partial charge < -0.3 is 14.9 Å². The summed E-state index contributed by atoms with van der Waals surface area (Å²) in [6.45, 7) is 2.94. The number of nitrogens with zero attached hydrogens (tertiary/aromatic N) is 3. The molecule has 2 aromatic heterocycles. The fraction of sp³-hybridized carbons (Fsp3) is 0.400. The average Bonchev–Trinajstić information content (AvgIpc) is 2.85. The van der Waals surface area contributed by atoms with Gasteiger partial charge in [0, 0.05) is 31.8 Å². The summed E-state index contributed by atoms with van der Waals surface area (Å²) in [5.41, 5.74) is 0. The Balaban J connectivity index is 2.32. The smallest absolute Gasteiger partial charge is 0.133 e. The van der Waals surface area contributed by atoms with Crippen molar-refractivity contribution >= 4 is 0 Å². The Morgan fingerprint density at radius 3 is 2.87 bits per heavy atom. The zero-order valence-electron chi connectivity index (χ0n) is 8.94. The Labute approximate surface area is 88.6 Å². The van der Waals surface area contributed by atoms with Gasteiger partial charge in [0.2, 0.25) is 0 Å². The summed E-state index contributed by atoms with van der Waals surface area (Å²) >= 11 is 0. The second kappa shape index (κ2) is 4.27. The Hall–Kier alpha value is -1.62. The molecule has 15 heavy (non-hydrogen) atoms. The van der Waals surface area contributed by atoms with E-state index < -0.39 is 0 Å². The lowest BCUT2D eigenvalue weighted by atomic mass is 10.2. The number of aromatic nitrogens is 4. The van der Waals surface area contributed by atoms with E-state index in [1.165, 1.54) is 0 Å². The largest absolute Gasteiger partial charge is 0.347 e. The van der Waals surface area contributed by atoms with Gasteiger partial charge in [-0.05, 0) is 6.54 Å². The summed E-state index contributed by atoms with van der Waals surface area (Å²) in [5, 5.41) is 3.35. The van der Waals surface area contributed by atoms with E-state index in [0.717, 1.165) is 18.2 Å². The van der Waals surface area contributed by atoms with E-state index in [2.05, 4.69) is 27.2 Å². The van der Waals surface area contributed by atoms with Crippen LogP contribution in [-0.2, 0) is 7.05 Å². The third-order valence-electron chi connectivity index (χ3n) is 2.32. The molecule has 2 heterocycles. The Morgan fingerprint density at radius 1 is 1.47 bits per heavy atom. The number of hydrogen-bond donors (Lipinski definition) is 2. The molecule has 0 spiro atoms. The molecule has 1 atom stereocenters. The molecule has 0 amide bonds. The lowest BCUT2D eigenvalue weighted by molar-refractivity contribution is 0.555. The van der Waals surface area contributed by atoms with Gasteiger partial charge in [0.1, 0.15) is 17.7 Å². The van der Waals surface area contributed by atoms with Crippen molar-refractivity contribution in [1.82, 2.24) is 24.8 Å². The van der Waals surface area contributed by atoms with Crippen molar-refractivity contribution in [3.63, 3.8) is 0 Å². The van der Waals surface area contributed by atoms with Crippen LogP contribution in [0.15, 0.2) is 24.8 Å². The summed E-state index contributed by atoms with van der Waals surface area (Å²) in [7, 11) is 1.98. The average molecular weight is 205 g/mol. The number of aryl methyl sites for hydroxylation is 1. The molecular formula is C10H15N5. The molecule has 1 unspecified atom stereocenters. The second-order valence-corrected chi connectivity index (χ2v) is 3.36. The Bertz CT molecular complexity index is 403. The normalized spacial score (nSPS) is 12.9. The summed E-state index contributed by atoms with van der Waals surface area (Å²) in [6.07, 6.45) is 7.30. The lowest BCUT2D eigenvalue weighted by Crippen LogP contribution is -2.25. The van der Waals surface area contributed by atoms with Crippen LogP contribution in [0.25, 0.3) is 0 Å². The van der Waals surface area contributed by atoms with E-state index in [4.69, 9.17) is 0 Å². The summed E-state index contributed by atoms with van der Waals surface area (Å²) in [6, 6.07) is 0.0324. The van der Waals surface area contributed by atoms with Gasteiger partial charge in [0.25, 0.3) is 0 Å². The van der Waals surface area contributed by atoms with Crippen molar-refractivity contribution in [3.05, 3.63) is 36.4 Å². The number of aromatic amines is 1. The van der Waals surface area contributed by atoms with Crippen molar-refractivity contribution in [2.45, 2.75) is 13.0 Å². The molecule has 0 fully saturated rings. The number of H-pyrrole nitrogens is 1. The molecule has 0 saturated heterocycles. The minimum Gasteiger partial charge on any atom is -0.347 e. The third-order valence-corrected chi connectivity index (χ3v) is 2.32. The van der Waals surface area contributed by atoms with Crippen molar-refractivity contribution in [2.75, 3.05) is 6.54 Å². The highest BCUT2D eigenvalue weighted by atomic mass is 15.1. The van der Waals surface area contributed by atoms with Crippen molar-refractivity contribution in [3.8, 4) is 0 Å². The number of imidazole rings is 2. The maximum Gasteiger partial charge on any atom is 0.133 e. The van der Waals surface area contributed by atoms with Gasteiger partial charge in [-0.2, -0.15) is 0 Å². The first-order chi connectivity index (χ1) is 7.33. The standard InChI is InChI=1S/C10H15N5/c1-3-11-8(9-12-4-5-13-9)10-14-6-7-15(10)2/h4-8,11H,3H2,1-2H3,(H,12,13). The van der Waals surface area contributed by atoms with Crippen LogP contribution in [0.1, 0.15) is 24.6 Å². The second-order valence-electron chi connectivity index (χ2n) is 3.36. The number of nitrogens with one attached hydrogen (secondary N) is 2. The van der Waals surface area contributed by atoms with Crippen LogP contribution < -0.4 is 5.32 Å². The van der Waals surface area contributed by atoms with Gasteiger partial charge in [0.05, 0.1) is 0 Å². The molecule has 2 aromatic rings. The number of hydrogen-bond acceptors (Lipinski definition) is 3. The van der Waals surface area contributed by atoms with Gasteiger partial charge in [-0.15, -0.1) is 0 Å². The molecule has 0 radical (unpaired) electrons. The third kappa shape index (κ3) is 1.92. The molecule has 0 aliphatic heterocycles. The van der Waals surface area contributed by atoms with E-state index in [9.17, 15) is 0 Å². The molecule has 5 nitrogen and oxygen atoms in total. The molecule has 5 heteroatoms. The topological polar surface area (TPSA) is 58.5 Å². The van der Waals surface area contributed by atoms with Gasteiger partial charge in [0.15, 0.2) is 0 Å². The van der Waals surface area contributed by atoms with Crippen LogP contribution in [-0.4, -0.2) is 26.1 Å². The highest BCUT2D eigenvalue weighted by molar-refractivity contribution is 5.11. The maximum absolute atomic E-state index is 4.33.